The molecular formula is C13H25N3O2. The van der Waals surface area contributed by atoms with E-state index in [0.717, 1.165) is 58.5 Å². The first kappa shape index (κ1) is 13.8. The van der Waals surface area contributed by atoms with Crippen LogP contribution < -0.4 is 5.32 Å². The van der Waals surface area contributed by atoms with E-state index in [1.54, 1.807) is 7.11 Å². The Hall–Kier alpha value is -0.650. The molecule has 5 heteroatoms. The van der Waals surface area contributed by atoms with E-state index in [4.69, 9.17) is 4.74 Å². The highest BCUT2D eigenvalue weighted by molar-refractivity contribution is 5.78. The first-order valence-electron chi connectivity index (χ1n) is 7.03. The predicted octanol–water partition coefficient (Wildman–Crippen LogP) is -0.0809. The van der Waals surface area contributed by atoms with Crippen LogP contribution in [0.3, 0.4) is 0 Å². The van der Waals surface area contributed by atoms with Crippen LogP contribution in [0.25, 0.3) is 0 Å². The zero-order valence-electron chi connectivity index (χ0n) is 11.4. The number of methoxy groups -OCH3 is 1. The average Bonchev–Trinajstić information content (AvgIpc) is 2.67. The monoisotopic (exact) mass is 255 g/mol. The Kier molecular flexibility index (Phi) is 5.41. The number of nitrogens with zero attached hydrogens (tertiary/aromatic N) is 2. The minimum absolute atomic E-state index is 0.230. The number of nitrogens with one attached hydrogen (secondary N) is 1. The van der Waals surface area contributed by atoms with Gasteiger partial charge >= 0.3 is 0 Å². The van der Waals surface area contributed by atoms with Crippen LogP contribution in [-0.4, -0.2) is 74.7 Å². The molecule has 18 heavy (non-hydrogen) atoms. The first-order valence-corrected chi connectivity index (χ1v) is 7.03. The van der Waals surface area contributed by atoms with Gasteiger partial charge in [0.1, 0.15) is 0 Å². The zero-order chi connectivity index (χ0) is 12.8. The molecular weight excluding hydrogens is 230 g/mol. The fourth-order valence-corrected chi connectivity index (χ4v) is 2.71. The lowest BCUT2D eigenvalue weighted by Crippen LogP contribution is -2.47. The summed E-state index contributed by atoms with van der Waals surface area (Å²) in [6.45, 7) is 6.30. The summed E-state index contributed by atoms with van der Waals surface area (Å²) in [5.41, 5.74) is 0. The van der Waals surface area contributed by atoms with Crippen LogP contribution in [0, 0.1) is 0 Å². The Balaban J connectivity index is 1.79. The molecule has 1 N–H and O–H groups in total. The van der Waals surface area contributed by atoms with Gasteiger partial charge in [-0.15, -0.1) is 0 Å². The van der Waals surface area contributed by atoms with Crippen LogP contribution in [0.15, 0.2) is 0 Å². The first-order chi connectivity index (χ1) is 8.79. The largest absolute Gasteiger partial charge is 0.380 e. The number of rotatable bonds is 3. The van der Waals surface area contributed by atoms with E-state index in [0.29, 0.717) is 6.54 Å². The Bertz CT molecular complexity index is 265. The van der Waals surface area contributed by atoms with Crippen molar-refractivity contribution in [3.63, 3.8) is 0 Å². The molecule has 0 radical (unpaired) electrons. The highest BCUT2D eigenvalue weighted by Gasteiger charge is 2.24. The molecule has 0 aromatic heterocycles. The molecule has 104 valence electrons. The topological polar surface area (TPSA) is 44.8 Å². The van der Waals surface area contributed by atoms with Crippen LogP contribution in [0.4, 0.5) is 0 Å². The smallest absolute Gasteiger partial charge is 0.236 e. The quantitative estimate of drug-likeness (QED) is 0.766. The summed E-state index contributed by atoms with van der Waals surface area (Å²) in [5, 5.41) is 3.36. The molecule has 2 aliphatic heterocycles. The van der Waals surface area contributed by atoms with Gasteiger partial charge in [-0.2, -0.15) is 0 Å². The fraction of sp³-hybridized carbons (Fsp3) is 0.923. The molecule has 2 rings (SSSR count). The minimum Gasteiger partial charge on any atom is -0.380 e. The molecule has 0 aromatic rings. The highest BCUT2D eigenvalue weighted by Crippen LogP contribution is 2.13. The number of likely N-dealkylation sites (tertiary alicyclic amines) is 1. The van der Waals surface area contributed by atoms with Gasteiger partial charge in [0.15, 0.2) is 0 Å². The lowest BCUT2D eigenvalue weighted by molar-refractivity contribution is -0.135. The summed E-state index contributed by atoms with van der Waals surface area (Å²) in [7, 11) is 1.74. The van der Waals surface area contributed by atoms with Crippen molar-refractivity contribution >= 4 is 5.91 Å². The summed E-state index contributed by atoms with van der Waals surface area (Å²) in [4.78, 5) is 16.5. The molecule has 0 spiro atoms. The van der Waals surface area contributed by atoms with Gasteiger partial charge in [0.2, 0.25) is 5.91 Å². The summed E-state index contributed by atoms with van der Waals surface area (Å²) in [6.07, 6.45) is 3.50. The number of ether oxygens (including phenoxy) is 1. The van der Waals surface area contributed by atoms with Gasteiger partial charge < -0.3 is 15.0 Å². The average molecular weight is 255 g/mol. The van der Waals surface area contributed by atoms with Crippen molar-refractivity contribution < 1.29 is 9.53 Å². The van der Waals surface area contributed by atoms with Crippen molar-refractivity contribution in [2.75, 3.05) is 52.9 Å². The SMILES string of the molecule is COC1CCCN(C(=O)CN2CCCNCC2)C1. The summed E-state index contributed by atoms with van der Waals surface area (Å²) in [5.74, 6) is 0.263. The number of hydrogen-bond acceptors (Lipinski definition) is 4. The molecule has 0 bridgehead atoms. The van der Waals surface area contributed by atoms with Crippen LogP contribution in [-0.2, 0) is 9.53 Å². The standard InChI is InChI=1S/C13H25N3O2/c1-18-12-4-2-8-16(10-12)13(17)11-15-7-3-5-14-6-9-15/h12,14H,2-11H2,1H3. The van der Waals surface area contributed by atoms with Crippen molar-refractivity contribution in [2.45, 2.75) is 25.4 Å². The van der Waals surface area contributed by atoms with E-state index in [-0.39, 0.29) is 12.0 Å². The minimum atomic E-state index is 0.230. The fourth-order valence-electron chi connectivity index (χ4n) is 2.71. The number of amides is 1. The van der Waals surface area contributed by atoms with Crippen molar-refractivity contribution in [3.8, 4) is 0 Å². The van der Waals surface area contributed by atoms with Crippen LogP contribution >= 0.6 is 0 Å². The maximum Gasteiger partial charge on any atom is 0.236 e. The summed E-state index contributed by atoms with van der Waals surface area (Å²) in [6, 6.07) is 0. The van der Waals surface area contributed by atoms with Gasteiger partial charge in [0.25, 0.3) is 0 Å². The molecule has 2 saturated heterocycles. The third-order valence-corrected chi connectivity index (χ3v) is 3.86. The van der Waals surface area contributed by atoms with E-state index < -0.39 is 0 Å². The third-order valence-electron chi connectivity index (χ3n) is 3.86. The molecule has 2 fully saturated rings. The summed E-state index contributed by atoms with van der Waals surface area (Å²) < 4.78 is 5.36. The molecule has 0 saturated carbocycles. The predicted molar refractivity (Wildman–Crippen MR) is 70.5 cm³/mol. The number of carbonyl (C=O) groups excluding carboxylic acids is 1. The van der Waals surface area contributed by atoms with E-state index in [1.165, 1.54) is 0 Å². The van der Waals surface area contributed by atoms with E-state index >= 15 is 0 Å². The van der Waals surface area contributed by atoms with E-state index in [1.807, 2.05) is 4.90 Å². The van der Waals surface area contributed by atoms with Crippen LogP contribution in [0.1, 0.15) is 19.3 Å². The highest BCUT2D eigenvalue weighted by atomic mass is 16.5. The Morgan fingerprint density at radius 1 is 1.28 bits per heavy atom. The van der Waals surface area contributed by atoms with Gasteiger partial charge in [-0.25, -0.2) is 0 Å². The zero-order valence-corrected chi connectivity index (χ0v) is 11.4. The number of hydrogen-bond donors (Lipinski definition) is 1. The van der Waals surface area contributed by atoms with E-state index in [2.05, 4.69) is 10.2 Å². The second kappa shape index (κ2) is 7.07. The third kappa shape index (κ3) is 3.93. The van der Waals surface area contributed by atoms with Gasteiger partial charge in [0.05, 0.1) is 12.6 Å². The van der Waals surface area contributed by atoms with Crippen molar-refractivity contribution in [3.05, 3.63) is 0 Å². The van der Waals surface area contributed by atoms with E-state index in [9.17, 15) is 4.79 Å². The molecule has 5 nitrogen and oxygen atoms in total. The number of piperidine rings is 1. The van der Waals surface area contributed by atoms with Gasteiger partial charge in [-0.3, -0.25) is 9.69 Å². The van der Waals surface area contributed by atoms with Gasteiger partial charge in [-0.05, 0) is 32.4 Å². The Morgan fingerprint density at radius 2 is 2.17 bits per heavy atom. The van der Waals surface area contributed by atoms with Gasteiger partial charge in [-0.1, -0.05) is 0 Å². The van der Waals surface area contributed by atoms with Crippen LogP contribution in [0.5, 0.6) is 0 Å². The molecule has 0 aliphatic carbocycles. The molecule has 2 aliphatic rings. The maximum absolute atomic E-state index is 12.2. The second-order valence-electron chi connectivity index (χ2n) is 5.22. The van der Waals surface area contributed by atoms with Crippen molar-refractivity contribution in [1.29, 1.82) is 0 Å². The summed E-state index contributed by atoms with van der Waals surface area (Å²) >= 11 is 0. The lowest BCUT2D eigenvalue weighted by atomic mass is 10.1. The second-order valence-corrected chi connectivity index (χ2v) is 5.22. The van der Waals surface area contributed by atoms with Crippen LogP contribution in [0.2, 0.25) is 0 Å². The number of carbonyl (C=O) groups is 1. The van der Waals surface area contributed by atoms with Gasteiger partial charge in [0, 0.05) is 33.3 Å². The molecule has 1 amide bonds. The van der Waals surface area contributed by atoms with Crippen molar-refractivity contribution in [2.24, 2.45) is 0 Å². The molecule has 1 unspecified atom stereocenters. The Morgan fingerprint density at radius 3 is 3.00 bits per heavy atom. The normalized spacial score (nSPS) is 26.9. The molecule has 2 heterocycles. The maximum atomic E-state index is 12.2. The molecule has 0 aromatic carbocycles. The van der Waals surface area contributed by atoms with Crippen molar-refractivity contribution in [1.82, 2.24) is 15.1 Å². The Labute approximate surface area is 109 Å². The lowest BCUT2D eigenvalue weighted by Gasteiger charge is -2.33. The molecule has 1 atom stereocenters.